The molecule has 1 N–H and O–H groups in total. The van der Waals surface area contributed by atoms with Gasteiger partial charge in [0.25, 0.3) is 0 Å². The number of rotatable bonds is 3. The molecule has 2 amide bonds. The molecule has 27 heavy (non-hydrogen) atoms. The molecular formula is C17H23N7O3. The van der Waals surface area contributed by atoms with E-state index < -0.39 is 0 Å². The predicted molar refractivity (Wildman–Crippen MR) is 94.4 cm³/mol. The van der Waals surface area contributed by atoms with Gasteiger partial charge in [0.05, 0.1) is 36.9 Å². The van der Waals surface area contributed by atoms with Crippen LogP contribution in [0, 0.1) is 5.92 Å². The van der Waals surface area contributed by atoms with E-state index in [0.717, 1.165) is 17.2 Å². The minimum atomic E-state index is -0.201. The molecule has 10 nitrogen and oxygen atoms in total. The second-order valence-electron chi connectivity index (χ2n) is 7.19. The summed E-state index contributed by atoms with van der Waals surface area (Å²) < 4.78 is 4.84. The highest BCUT2D eigenvalue weighted by Crippen LogP contribution is 2.22. The Morgan fingerprint density at radius 3 is 2.89 bits per heavy atom. The molecule has 2 aliphatic rings. The zero-order valence-corrected chi connectivity index (χ0v) is 15.5. The van der Waals surface area contributed by atoms with E-state index in [2.05, 4.69) is 15.5 Å². The number of hydrogen-bond donors (Lipinski definition) is 1. The quantitative estimate of drug-likeness (QED) is 0.744. The number of carbonyl (C=O) groups excluding carboxylic acids is 2. The molecule has 2 aromatic rings. The van der Waals surface area contributed by atoms with Crippen molar-refractivity contribution in [3.8, 4) is 0 Å². The third kappa shape index (κ3) is 3.26. The molecule has 2 aromatic heterocycles. The Kier molecular flexibility index (Phi) is 4.33. The Morgan fingerprint density at radius 1 is 1.30 bits per heavy atom. The smallest absolute Gasteiger partial charge is 0.345 e. The molecular weight excluding hydrogens is 350 g/mol. The van der Waals surface area contributed by atoms with E-state index in [0.29, 0.717) is 45.6 Å². The minimum absolute atomic E-state index is 0.0762. The number of amides is 2. The fourth-order valence-electron chi connectivity index (χ4n) is 3.81. The summed E-state index contributed by atoms with van der Waals surface area (Å²) in [7, 11) is 1.63. The molecule has 10 heteroatoms. The Balaban J connectivity index is 1.44. The summed E-state index contributed by atoms with van der Waals surface area (Å²) in [5, 5.41) is 11.4. The number of aryl methyl sites for hydroxylation is 2. The van der Waals surface area contributed by atoms with Crippen molar-refractivity contribution in [2.45, 2.75) is 45.9 Å². The molecule has 4 heterocycles. The van der Waals surface area contributed by atoms with Gasteiger partial charge in [-0.3, -0.25) is 18.8 Å². The minimum Gasteiger partial charge on any atom is -0.351 e. The van der Waals surface area contributed by atoms with Crippen molar-refractivity contribution in [1.82, 2.24) is 34.3 Å². The van der Waals surface area contributed by atoms with Crippen LogP contribution >= 0.6 is 0 Å². The van der Waals surface area contributed by atoms with Crippen LogP contribution in [0.2, 0.25) is 0 Å². The molecule has 1 atom stereocenters. The number of nitrogens with zero attached hydrogens (tertiary/aromatic N) is 6. The van der Waals surface area contributed by atoms with Crippen LogP contribution in [-0.2, 0) is 49.2 Å². The van der Waals surface area contributed by atoms with Crippen molar-refractivity contribution in [2.75, 3.05) is 6.54 Å². The van der Waals surface area contributed by atoms with Crippen molar-refractivity contribution in [3.05, 3.63) is 33.8 Å². The van der Waals surface area contributed by atoms with Crippen molar-refractivity contribution < 1.29 is 9.59 Å². The topological polar surface area (TPSA) is 107 Å². The van der Waals surface area contributed by atoms with Gasteiger partial charge in [0.15, 0.2) is 0 Å². The molecule has 0 saturated carbocycles. The summed E-state index contributed by atoms with van der Waals surface area (Å²) >= 11 is 0. The van der Waals surface area contributed by atoms with Crippen LogP contribution in [-0.4, -0.2) is 47.4 Å². The van der Waals surface area contributed by atoms with Gasteiger partial charge < -0.3 is 10.2 Å². The van der Waals surface area contributed by atoms with Crippen LogP contribution in [0.5, 0.6) is 0 Å². The van der Waals surface area contributed by atoms with E-state index in [9.17, 15) is 14.4 Å². The normalized spacial score (nSPS) is 18.7. The lowest BCUT2D eigenvalue weighted by atomic mass is 9.97. The van der Waals surface area contributed by atoms with E-state index in [4.69, 9.17) is 0 Å². The van der Waals surface area contributed by atoms with Crippen molar-refractivity contribution >= 4 is 11.8 Å². The van der Waals surface area contributed by atoms with Gasteiger partial charge in [0.2, 0.25) is 11.8 Å². The lowest BCUT2D eigenvalue weighted by Gasteiger charge is -2.32. The molecule has 0 fully saturated rings. The van der Waals surface area contributed by atoms with Crippen molar-refractivity contribution in [3.63, 3.8) is 0 Å². The average molecular weight is 373 g/mol. The highest BCUT2D eigenvalue weighted by molar-refractivity contribution is 5.79. The van der Waals surface area contributed by atoms with Gasteiger partial charge in [0, 0.05) is 33.5 Å². The molecule has 2 aliphatic heterocycles. The van der Waals surface area contributed by atoms with Crippen LogP contribution in [0.15, 0.2) is 10.9 Å². The standard InChI is InChI=1S/C17H23N7O3/c1-11(25)18-8-13-7-14-10-22(5-6-24(14)19-13)16(26)12-3-4-15-20-21(2)17(27)23(15)9-12/h7,12H,3-6,8-10H2,1-2H3,(H,18,25)/t12-/m1/s1. The Morgan fingerprint density at radius 2 is 2.11 bits per heavy atom. The Bertz CT molecular complexity index is 954. The summed E-state index contributed by atoms with van der Waals surface area (Å²) in [4.78, 5) is 38.0. The van der Waals surface area contributed by atoms with Gasteiger partial charge in [-0.15, -0.1) is 0 Å². The van der Waals surface area contributed by atoms with E-state index in [1.807, 2.05) is 15.6 Å². The zero-order chi connectivity index (χ0) is 19.1. The van der Waals surface area contributed by atoms with Crippen LogP contribution in [0.4, 0.5) is 0 Å². The average Bonchev–Trinajstić information content (AvgIpc) is 3.19. The number of nitrogens with one attached hydrogen (secondary N) is 1. The molecule has 0 saturated heterocycles. The molecule has 4 rings (SSSR count). The largest absolute Gasteiger partial charge is 0.351 e. The summed E-state index contributed by atoms with van der Waals surface area (Å²) in [5.41, 5.74) is 1.59. The first-order valence-electron chi connectivity index (χ1n) is 9.14. The van der Waals surface area contributed by atoms with E-state index in [1.165, 1.54) is 11.6 Å². The maximum Gasteiger partial charge on any atom is 0.345 e. The van der Waals surface area contributed by atoms with Crippen LogP contribution in [0.3, 0.4) is 0 Å². The fraction of sp³-hybridized carbons (Fsp3) is 0.588. The van der Waals surface area contributed by atoms with Gasteiger partial charge in [-0.1, -0.05) is 0 Å². The van der Waals surface area contributed by atoms with Gasteiger partial charge in [-0.05, 0) is 12.5 Å². The maximum absolute atomic E-state index is 13.0. The molecule has 0 spiro atoms. The van der Waals surface area contributed by atoms with Crippen molar-refractivity contribution in [1.29, 1.82) is 0 Å². The molecule has 0 unspecified atom stereocenters. The number of aromatic nitrogens is 5. The van der Waals surface area contributed by atoms with Gasteiger partial charge in [-0.2, -0.15) is 10.2 Å². The number of fused-ring (bicyclic) bond motifs is 2. The van der Waals surface area contributed by atoms with E-state index >= 15 is 0 Å². The Hall–Kier alpha value is -2.91. The first kappa shape index (κ1) is 17.5. The first-order valence-corrected chi connectivity index (χ1v) is 9.14. The van der Waals surface area contributed by atoms with Crippen LogP contribution < -0.4 is 11.0 Å². The monoisotopic (exact) mass is 373 g/mol. The van der Waals surface area contributed by atoms with Gasteiger partial charge in [-0.25, -0.2) is 9.48 Å². The second kappa shape index (κ2) is 6.67. The SMILES string of the molecule is CC(=O)NCc1cc2n(n1)CCN(C(=O)[C@@H]1CCc3nn(C)c(=O)n3C1)C2. The third-order valence-electron chi connectivity index (χ3n) is 5.23. The first-order chi connectivity index (χ1) is 12.9. The molecule has 0 aliphatic carbocycles. The van der Waals surface area contributed by atoms with Gasteiger partial charge >= 0.3 is 5.69 Å². The Labute approximate surface area is 155 Å². The zero-order valence-electron chi connectivity index (χ0n) is 15.5. The third-order valence-corrected chi connectivity index (χ3v) is 5.23. The lowest BCUT2D eigenvalue weighted by Crippen LogP contribution is -2.44. The predicted octanol–water partition coefficient (Wildman–Crippen LogP) is -0.981. The maximum atomic E-state index is 13.0. The summed E-state index contributed by atoms with van der Waals surface area (Å²) in [6.07, 6.45) is 1.35. The highest BCUT2D eigenvalue weighted by Gasteiger charge is 2.32. The van der Waals surface area contributed by atoms with Crippen molar-refractivity contribution in [2.24, 2.45) is 13.0 Å². The van der Waals surface area contributed by atoms with Crippen LogP contribution in [0.1, 0.15) is 30.6 Å². The van der Waals surface area contributed by atoms with E-state index in [1.54, 1.807) is 11.6 Å². The lowest BCUT2D eigenvalue weighted by molar-refractivity contribution is -0.138. The fourth-order valence-corrected chi connectivity index (χ4v) is 3.81. The summed E-state index contributed by atoms with van der Waals surface area (Å²) in [6.45, 7) is 3.98. The summed E-state index contributed by atoms with van der Waals surface area (Å²) in [6, 6.07) is 1.93. The van der Waals surface area contributed by atoms with Crippen LogP contribution in [0.25, 0.3) is 0 Å². The highest BCUT2D eigenvalue weighted by atomic mass is 16.2. The number of carbonyl (C=O) groups is 2. The molecule has 0 aromatic carbocycles. The molecule has 0 radical (unpaired) electrons. The number of hydrogen-bond acceptors (Lipinski definition) is 5. The summed E-state index contributed by atoms with van der Waals surface area (Å²) in [5.74, 6) is 0.533. The molecule has 144 valence electrons. The second-order valence-corrected chi connectivity index (χ2v) is 7.19. The van der Waals surface area contributed by atoms with Gasteiger partial charge in [0.1, 0.15) is 5.82 Å². The van der Waals surface area contributed by atoms with E-state index in [-0.39, 0.29) is 23.4 Å². The molecule has 0 bridgehead atoms.